The number of rotatable bonds is 2. The molecule has 0 N–H and O–H groups in total. The molecule has 0 saturated heterocycles. The van der Waals surface area contributed by atoms with Crippen molar-refractivity contribution in [3.8, 4) is 22.8 Å². The van der Waals surface area contributed by atoms with E-state index in [1.807, 2.05) is 12.1 Å². The van der Waals surface area contributed by atoms with Crippen molar-refractivity contribution in [3.63, 3.8) is 0 Å². The average Bonchev–Trinajstić information content (AvgIpc) is 3.25. The molecule has 0 aliphatic rings. The van der Waals surface area contributed by atoms with Gasteiger partial charge < -0.3 is 0 Å². The number of benzene rings is 1. The third kappa shape index (κ3) is 4.93. The number of hydrogen-bond donors (Lipinski definition) is 0. The number of halogens is 4. The van der Waals surface area contributed by atoms with Crippen LogP contribution in [-0.2, 0) is 0 Å². The van der Waals surface area contributed by atoms with Crippen LogP contribution in [0, 0.1) is 5.82 Å². The highest BCUT2D eigenvalue weighted by molar-refractivity contribution is 7.10. The van der Waals surface area contributed by atoms with E-state index in [1.54, 1.807) is 18.5 Å². The Labute approximate surface area is 170 Å². The van der Waals surface area contributed by atoms with Crippen LogP contribution in [0.2, 0.25) is 14.0 Å². The molecular weight excluding hydrogens is 440 g/mol. The minimum absolute atomic E-state index is 0.286. The molecule has 0 radical (unpaired) electrons. The summed E-state index contributed by atoms with van der Waals surface area (Å²) in [6.07, 6.45) is 3.40. The zero-order valence-corrected chi connectivity index (χ0v) is 16.5. The van der Waals surface area contributed by atoms with Gasteiger partial charge in [0, 0.05) is 23.0 Å². The maximum absolute atomic E-state index is 13.3. The van der Waals surface area contributed by atoms with Gasteiger partial charge in [-0.2, -0.15) is 8.75 Å². The minimum Gasteiger partial charge on any atom is -0.265 e. The number of hydrogen-bond acceptors (Lipinski definition) is 7. The van der Waals surface area contributed by atoms with Crippen molar-refractivity contribution >= 4 is 57.9 Å². The van der Waals surface area contributed by atoms with Gasteiger partial charge in [-0.1, -0.05) is 11.6 Å². The Morgan fingerprint density at radius 1 is 0.808 bits per heavy atom. The first-order valence-electron chi connectivity index (χ1n) is 6.87. The van der Waals surface area contributed by atoms with Crippen molar-refractivity contribution in [2.45, 2.75) is 0 Å². The molecule has 0 aliphatic heterocycles. The van der Waals surface area contributed by atoms with Crippen LogP contribution in [0.25, 0.3) is 22.8 Å². The molecule has 0 bridgehead atoms. The summed E-state index contributed by atoms with van der Waals surface area (Å²) in [5.74, 6) is 0.494. The van der Waals surface area contributed by atoms with Crippen LogP contribution < -0.4 is 0 Å². The molecule has 0 fully saturated rings. The molecule has 0 atom stereocenters. The van der Waals surface area contributed by atoms with Crippen LogP contribution in [0.3, 0.4) is 0 Å². The van der Waals surface area contributed by atoms with E-state index in [1.165, 1.54) is 23.7 Å². The highest BCUT2D eigenvalue weighted by atomic mass is 35.5. The smallest absolute Gasteiger partial charge is 0.203 e. The van der Waals surface area contributed by atoms with Crippen LogP contribution >= 0.6 is 57.9 Å². The summed E-state index contributed by atoms with van der Waals surface area (Å²) < 4.78 is 22.0. The summed E-state index contributed by atoms with van der Waals surface area (Å²) in [5, 5.41) is 0.340. The fourth-order valence-electron chi connectivity index (χ4n) is 1.81. The topological polar surface area (TPSA) is 64.5 Å². The quantitative estimate of drug-likeness (QED) is 0.383. The van der Waals surface area contributed by atoms with E-state index in [0.717, 1.165) is 17.1 Å². The molecule has 3 heterocycles. The largest absolute Gasteiger partial charge is 0.265 e. The van der Waals surface area contributed by atoms with Crippen LogP contribution in [0.15, 0.2) is 42.7 Å². The first-order valence-corrected chi connectivity index (χ1v) is 9.55. The molecule has 4 aromatic rings. The highest BCUT2D eigenvalue weighted by Crippen LogP contribution is 2.25. The first-order chi connectivity index (χ1) is 12.5. The fraction of sp³-hybridized carbons (Fsp3) is 0. The lowest BCUT2D eigenvalue weighted by Crippen LogP contribution is -1.85. The predicted octanol–water partition coefficient (Wildman–Crippen LogP) is 5.90. The maximum Gasteiger partial charge on any atom is 0.203 e. The molecular formula is C15H7Cl3FN5S2. The molecule has 1 aromatic carbocycles. The molecule has 3 aromatic heterocycles. The van der Waals surface area contributed by atoms with Gasteiger partial charge in [-0.05, 0) is 76.6 Å². The van der Waals surface area contributed by atoms with E-state index < -0.39 is 5.82 Å². The van der Waals surface area contributed by atoms with Crippen molar-refractivity contribution in [2.24, 2.45) is 0 Å². The van der Waals surface area contributed by atoms with E-state index in [4.69, 9.17) is 34.8 Å². The number of pyridine rings is 1. The summed E-state index contributed by atoms with van der Waals surface area (Å²) in [6, 6.07) is 8.01. The van der Waals surface area contributed by atoms with E-state index in [0.29, 0.717) is 20.9 Å². The van der Waals surface area contributed by atoms with Gasteiger partial charge in [-0.15, -0.1) is 0 Å². The molecule has 132 valence electrons. The van der Waals surface area contributed by atoms with Gasteiger partial charge in [0.05, 0.1) is 5.56 Å². The second-order valence-corrected chi connectivity index (χ2v) is 7.71. The van der Waals surface area contributed by atoms with Gasteiger partial charge in [0.25, 0.3) is 0 Å². The molecule has 4 rings (SSSR count). The van der Waals surface area contributed by atoms with E-state index in [2.05, 4.69) is 23.7 Å². The molecule has 26 heavy (non-hydrogen) atoms. The predicted molar refractivity (Wildman–Crippen MR) is 103 cm³/mol. The lowest BCUT2D eigenvalue weighted by molar-refractivity contribution is 0.630. The van der Waals surface area contributed by atoms with Gasteiger partial charge in [-0.3, -0.25) is 4.98 Å². The monoisotopic (exact) mass is 445 g/mol. The van der Waals surface area contributed by atoms with Gasteiger partial charge in [-0.25, -0.2) is 14.4 Å². The number of nitrogens with zero attached hydrogens (tertiary/aromatic N) is 5. The van der Waals surface area contributed by atoms with Crippen molar-refractivity contribution in [1.82, 2.24) is 23.7 Å². The van der Waals surface area contributed by atoms with Crippen LogP contribution in [0.1, 0.15) is 0 Å². The first kappa shape index (κ1) is 19.1. The summed E-state index contributed by atoms with van der Waals surface area (Å²) in [5.41, 5.74) is 1.24. The lowest BCUT2D eigenvalue weighted by atomic mass is 10.2. The Kier molecular flexibility index (Phi) is 6.44. The average molecular weight is 447 g/mol. The second kappa shape index (κ2) is 8.79. The Morgan fingerprint density at radius 3 is 1.96 bits per heavy atom. The molecule has 5 nitrogen and oxygen atoms in total. The van der Waals surface area contributed by atoms with Crippen LogP contribution in [0.4, 0.5) is 4.39 Å². The molecule has 0 amide bonds. The van der Waals surface area contributed by atoms with Crippen molar-refractivity contribution in [1.29, 1.82) is 0 Å². The zero-order chi connectivity index (χ0) is 18.5. The summed E-state index contributed by atoms with van der Waals surface area (Å²) in [4.78, 5) is 11.8. The summed E-state index contributed by atoms with van der Waals surface area (Å²) in [6.45, 7) is 0. The second-order valence-electron chi connectivity index (χ2n) is 4.60. The van der Waals surface area contributed by atoms with Gasteiger partial charge in [0.1, 0.15) is 5.82 Å². The van der Waals surface area contributed by atoms with E-state index >= 15 is 0 Å². The minimum atomic E-state index is -0.452. The Morgan fingerprint density at radius 2 is 1.42 bits per heavy atom. The zero-order valence-electron chi connectivity index (χ0n) is 12.6. The Balaban J connectivity index is 0.000000152. The molecule has 0 aliphatic carbocycles. The van der Waals surface area contributed by atoms with E-state index in [9.17, 15) is 4.39 Å². The van der Waals surface area contributed by atoms with E-state index in [-0.39, 0.29) is 10.3 Å². The van der Waals surface area contributed by atoms with Crippen LogP contribution in [0.5, 0.6) is 0 Å². The standard InChI is InChI=1S/C8H3Cl2FN2S.C7H4ClN3S/c9-4-1-2-5(6(11)3-4)7-12-8(10)14-13-7;8-7-10-6(11-12-7)5-1-3-9-4-2-5/h1-3H;1-4H. The lowest BCUT2D eigenvalue weighted by Gasteiger charge is -1.97. The fourth-order valence-corrected chi connectivity index (χ4v) is 3.20. The van der Waals surface area contributed by atoms with Gasteiger partial charge in [0.15, 0.2) is 11.6 Å². The molecule has 0 spiro atoms. The van der Waals surface area contributed by atoms with Gasteiger partial charge in [0.2, 0.25) is 8.93 Å². The third-order valence-corrected chi connectivity index (χ3v) is 4.74. The third-order valence-electron chi connectivity index (χ3n) is 2.91. The summed E-state index contributed by atoms with van der Waals surface area (Å²) >= 11 is 19.0. The SMILES string of the molecule is Clc1nc(-c2ccncc2)ns1.Fc1cc(Cl)ccc1-c1nsc(Cl)n1. The Bertz CT molecular complexity index is 1010. The summed E-state index contributed by atoms with van der Waals surface area (Å²) in [7, 11) is 0. The normalized spacial score (nSPS) is 10.3. The molecule has 0 unspecified atom stereocenters. The Hall–Kier alpha value is -1.71. The maximum atomic E-state index is 13.3. The van der Waals surface area contributed by atoms with Crippen molar-refractivity contribution < 1.29 is 4.39 Å². The molecule has 11 heteroatoms. The highest BCUT2D eigenvalue weighted by Gasteiger charge is 2.10. The molecule has 0 saturated carbocycles. The van der Waals surface area contributed by atoms with Crippen molar-refractivity contribution in [2.75, 3.05) is 0 Å². The van der Waals surface area contributed by atoms with Crippen molar-refractivity contribution in [3.05, 3.63) is 62.5 Å². The van der Waals surface area contributed by atoms with Crippen LogP contribution in [-0.4, -0.2) is 23.7 Å². The number of aromatic nitrogens is 5. The van der Waals surface area contributed by atoms with Gasteiger partial charge >= 0.3 is 0 Å².